The van der Waals surface area contributed by atoms with Gasteiger partial charge in [-0.1, -0.05) is 18.8 Å². The van der Waals surface area contributed by atoms with E-state index in [-0.39, 0.29) is 0 Å². The van der Waals surface area contributed by atoms with Crippen LogP contribution in [0.1, 0.15) is 38.2 Å². The molecule has 0 N–H and O–H groups in total. The van der Waals surface area contributed by atoms with E-state index in [1.165, 1.54) is 38.0 Å². The average molecular weight is 213 g/mol. The lowest BCUT2D eigenvalue weighted by Gasteiger charge is -2.28. The van der Waals surface area contributed by atoms with Crippen molar-refractivity contribution in [2.75, 3.05) is 18.0 Å². The fourth-order valence-electron chi connectivity index (χ4n) is 2.10. The van der Waals surface area contributed by atoms with Gasteiger partial charge in [0, 0.05) is 30.8 Å². The summed E-state index contributed by atoms with van der Waals surface area (Å²) in [7, 11) is 0. The van der Waals surface area contributed by atoms with Gasteiger partial charge in [-0.2, -0.15) is 0 Å². The first-order valence-corrected chi connectivity index (χ1v) is 6.24. The number of piperidine rings is 1. The van der Waals surface area contributed by atoms with Crippen LogP contribution in [0.2, 0.25) is 0 Å². The highest BCUT2D eigenvalue weighted by Crippen LogP contribution is 2.19. The molecule has 0 unspecified atom stereocenters. The van der Waals surface area contributed by atoms with E-state index in [0.717, 1.165) is 12.0 Å². The zero-order valence-corrected chi connectivity index (χ0v) is 10.00. The van der Waals surface area contributed by atoms with Crippen LogP contribution in [0.3, 0.4) is 0 Å². The minimum atomic E-state index is 0.924. The van der Waals surface area contributed by atoms with Crippen molar-refractivity contribution in [3.8, 4) is 11.8 Å². The summed E-state index contributed by atoms with van der Waals surface area (Å²) in [5, 5.41) is 0. The normalized spacial score (nSPS) is 15.4. The van der Waals surface area contributed by atoms with Crippen molar-refractivity contribution < 1.29 is 0 Å². The summed E-state index contributed by atoms with van der Waals surface area (Å²) in [6, 6.07) is 8.66. The third-order valence-corrected chi connectivity index (χ3v) is 3.00. The molecule has 1 aliphatic rings. The molecule has 1 nitrogen and oxygen atoms in total. The number of hydrogen-bond donors (Lipinski definition) is 0. The van der Waals surface area contributed by atoms with Crippen LogP contribution in [0.5, 0.6) is 0 Å². The van der Waals surface area contributed by atoms with Gasteiger partial charge in [0.1, 0.15) is 0 Å². The third-order valence-electron chi connectivity index (χ3n) is 3.00. The van der Waals surface area contributed by atoms with Crippen LogP contribution in [-0.2, 0) is 0 Å². The maximum Gasteiger partial charge on any atom is 0.0367 e. The van der Waals surface area contributed by atoms with E-state index in [4.69, 9.17) is 0 Å². The summed E-state index contributed by atoms with van der Waals surface area (Å²) in [6.45, 7) is 4.50. The molecule has 0 bridgehead atoms. The predicted molar refractivity (Wildman–Crippen MR) is 69.7 cm³/mol. The second-order valence-corrected chi connectivity index (χ2v) is 4.25. The fourth-order valence-corrected chi connectivity index (χ4v) is 2.10. The van der Waals surface area contributed by atoms with Gasteiger partial charge in [-0.25, -0.2) is 0 Å². The van der Waals surface area contributed by atoms with Crippen LogP contribution in [0.25, 0.3) is 0 Å². The Morgan fingerprint density at radius 3 is 2.38 bits per heavy atom. The van der Waals surface area contributed by atoms with Crippen molar-refractivity contribution in [1.29, 1.82) is 0 Å². The van der Waals surface area contributed by atoms with Crippen LogP contribution in [0.4, 0.5) is 5.69 Å². The highest BCUT2D eigenvalue weighted by atomic mass is 15.1. The number of anilines is 1. The quantitative estimate of drug-likeness (QED) is 0.646. The Morgan fingerprint density at radius 1 is 1.06 bits per heavy atom. The molecule has 0 radical (unpaired) electrons. The van der Waals surface area contributed by atoms with Gasteiger partial charge < -0.3 is 4.90 Å². The lowest BCUT2D eigenvalue weighted by atomic mass is 10.1. The fraction of sp³-hybridized carbons (Fsp3) is 0.467. The topological polar surface area (TPSA) is 3.24 Å². The van der Waals surface area contributed by atoms with E-state index in [9.17, 15) is 0 Å². The molecule has 0 saturated carbocycles. The Bertz CT molecular complexity index is 374. The van der Waals surface area contributed by atoms with Crippen LogP contribution in [-0.4, -0.2) is 13.1 Å². The molecule has 0 atom stereocenters. The molecule has 1 aromatic carbocycles. The molecule has 2 rings (SSSR count). The highest BCUT2D eigenvalue weighted by Gasteiger charge is 2.09. The summed E-state index contributed by atoms with van der Waals surface area (Å²) in [5.41, 5.74) is 2.48. The summed E-state index contributed by atoms with van der Waals surface area (Å²) in [5.74, 6) is 6.26. The minimum absolute atomic E-state index is 0.924. The van der Waals surface area contributed by atoms with Crippen LogP contribution in [0, 0.1) is 11.8 Å². The first-order chi connectivity index (χ1) is 7.90. The second-order valence-electron chi connectivity index (χ2n) is 4.25. The number of nitrogens with zero attached hydrogens (tertiary/aromatic N) is 1. The van der Waals surface area contributed by atoms with Gasteiger partial charge in [0.25, 0.3) is 0 Å². The molecular formula is C15H19N. The third kappa shape index (κ3) is 2.79. The maximum absolute atomic E-state index is 3.16. The van der Waals surface area contributed by atoms with Crippen molar-refractivity contribution in [2.24, 2.45) is 0 Å². The van der Waals surface area contributed by atoms with E-state index in [2.05, 4.69) is 47.9 Å². The van der Waals surface area contributed by atoms with Crippen molar-refractivity contribution in [2.45, 2.75) is 32.6 Å². The van der Waals surface area contributed by atoms with Gasteiger partial charge in [0.2, 0.25) is 0 Å². The Balaban J connectivity index is 2.06. The van der Waals surface area contributed by atoms with E-state index in [1.807, 2.05) is 0 Å². The monoisotopic (exact) mass is 213 g/mol. The summed E-state index contributed by atoms with van der Waals surface area (Å²) in [6.07, 6.45) is 4.97. The lowest BCUT2D eigenvalue weighted by molar-refractivity contribution is 0.578. The van der Waals surface area contributed by atoms with Crippen LogP contribution < -0.4 is 4.90 Å². The zero-order valence-electron chi connectivity index (χ0n) is 10.00. The number of hydrogen-bond acceptors (Lipinski definition) is 1. The Kier molecular flexibility index (Phi) is 3.88. The smallest absolute Gasteiger partial charge is 0.0367 e. The largest absolute Gasteiger partial charge is 0.372 e. The molecule has 0 aliphatic carbocycles. The molecule has 1 fully saturated rings. The standard InChI is InChI=1S/C15H19N/c1-2-3-7-14-8-10-15(11-9-14)16-12-5-4-6-13-16/h8-11H,2,4-6,12-13H2,1H3. The second kappa shape index (κ2) is 5.61. The Morgan fingerprint density at radius 2 is 1.75 bits per heavy atom. The minimum Gasteiger partial charge on any atom is -0.372 e. The van der Waals surface area contributed by atoms with Crippen molar-refractivity contribution in [3.05, 3.63) is 29.8 Å². The molecule has 16 heavy (non-hydrogen) atoms. The van der Waals surface area contributed by atoms with Crippen molar-refractivity contribution in [3.63, 3.8) is 0 Å². The number of benzene rings is 1. The SMILES string of the molecule is CCC#Cc1ccc(N2CCCCC2)cc1. The maximum atomic E-state index is 3.16. The molecule has 1 saturated heterocycles. The molecular weight excluding hydrogens is 194 g/mol. The zero-order chi connectivity index (χ0) is 11.2. The van der Waals surface area contributed by atoms with Gasteiger partial charge in [-0.05, 0) is 43.5 Å². The van der Waals surface area contributed by atoms with E-state index in [0.29, 0.717) is 0 Å². The van der Waals surface area contributed by atoms with E-state index < -0.39 is 0 Å². The molecule has 0 aromatic heterocycles. The van der Waals surface area contributed by atoms with Crippen molar-refractivity contribution >= 4 is 5.69 Å². The van der Waals surface area contributed by atoms with Gasteiger partial charge >= 0.3 is 0 Å². The first kappa shape index (κ1) is 11.1. The van der Waals surface area contributed by atoms with Gasteiger partial charge in [0.15, 0.2) is 0 Å². The van der Waals surface area contributed by atoms with Crippen molar-refractivity contribution in [1.82, 2.24) is 0 Å². The summed E-state index contributed by atoms with van der Waals surface area (Å²) >= 11 is 0. The molecule has 84 valence electrons. The summed E-state index contributed by atoms with van der Waals surface area (Å²) < 4.78 is 0. The van der Waals surface area contributed by atoms with Gasteiger partial charge in [-0.3, -0.25) is 0 Å². The average Bonchev–Trinajstić information content (AvgIpc) is 2.38. The molecule has 0 spiro atoms. The van der Waals surface area contributed by atoms with Crippen LogP contribution in [0.15, 0.2) is 24.3 Å². The van der Waals surface area contributed by atoms with E-state index in [1.54, 1.807) is 0 Å². The van der Waals surface area contributed by atoms with Crippen LogP contribution >= 0.6 is 0 Å². The van der Waals surface area contributed by atoms with Gasteiger partial charge in [-0.15, -0.1) is 0 Å². The van der Waals surface area contributed by atoms with E-state index >= 15 is 0 Å². The number of rotatable bonds is 1. The lowest BCUT2D eigenvalue weighted by Crippen LogP contribution is -2.29. The molecule has 1 heteroatoms. The van der Waals surface area contributed by atoms with Gasteiger partial charge in [0.05, 0.1) is 0 Å². The molecule has 1 heterocycles. The Labute approximate surface area is 98.5 Å². The first-order valence-electron chi connectivity index (χ1n) is 6.24. The predicted octanol–water partition coefficient (Wildman–Crippen LogP) is 3.44. The molecule has 1 aliphatic heterocycles. The molecule has 1 aromatic rings. The molecule has 0 amide bonds. The summed E-state index contributed by atoms with van der Waals surface area (Å²) in [4.78, 5) is 2.47. The highest BCUT2D eigenvalue weighted by molar-refractivity contribution is 5.50. The Hall–Kier alpha value is -1.42.